The molecule has 1 aromatic heterocycles. The maximum atomic E-state index is 5.29. The van der Waals surface area contributed by atoms with Gasteiger partial charge in [0.1, 0.15) is 5.75 Å². The van der Waals surface area contributed by atoms with Gasteiger partial charge in [0.2, 0.25) is 0 Å². The number of methoxy groups -OCH3 is 1. The minimum Gasteiger partial charge on any atom is -0.497 e. The molecular formula is C25H30N4O. The van der Waals surface area contributed by atoms with Crippen molar-refractivity contribution < 1.29 is 4.74 Å². The van der Waals surface area contributed by atoms with Crippen LogP contribution in [-0.4, -0.2) is 56.3 Å². The molecule has 156 valence electrons. The van der Waals surface area contributed by atoms with E-state index in [0.29, 0.717) is 0 Å². The van der Waals surface area contributed by atoms with Crippen LogP contribution < -0.4 is 15.4 Å². The molecule has 0 aliphatic carbocycles. The van der Waals surface area contributed by atoms with Crippen molar-refractivity contribution in [3.05, 3.63) is 54.6 Å². The second kappa shape index (κ2) is 8.62. The average Bonchev–Trinajstić information content (AvgIpc) is 3.38. The monoisotopic (exact) mass is 402 g/mol. The van der Waals surface area contributed by atoms with Crippen LogP contribution in [0.15, 0.2) is 54.6 Å². The normalized spacial score (nSPS) is 21.1. The van der Waals surface area contributed by atoms with E-state index in [-0.39, 0.29) is 0 Å². The highest BCUT2D eigenvalue weighted by Gasteiger charge is 2.35. The van der Waals surface area contributed by atoms with E-state index in [1.165, 1.54) is 38.1 Å². The van der Waals surface area contributed by atoms with Crippen molar-refractivity contribution in [1.82, 2.24) is 15.2 Å². The molecule has 2 aliphatic rings. The molecule has 0 bridgehead atoms. The number of hydrogen-bond donors (Lipinski definition) is 2. The molecular weight excluding hydrogens is 372 g/mol. The van der Waals surface area contributed by atoms with Gasteiger partial charge in [-0.25, -0.2) is 4.98 Å². The van der Waals surface area contributed by atoms with Crippen molar-refractivity contribution in [2.45, 2.75) is 6.42 Å². The number of hydrogen-bond acceptors (Lipinski definition) is 5. The van der Waals surface area contributed by atoms with Crippen LogP contribution in [0.2, 0.25) is 0 Å². The minimum absolute atomic E-state index is 0.861. The number of fused-ring (bicyclic) bond motifs is 2. The lowest BCUT2D eigenvalue weighted by molar-refractivity contribution is 0.312. The summed E-state index contributed by atoms with van der Waals surface area (Å²) in [5.74, 6) is 2.60. The Morgan fingerprint density at radius 1 is 1.07 bits per heavy atom. The zero-order chi connectivity index (χ0) is 20.3. The SMILES string of the molecule is COc1ccc(-c2cc(NCCCN3CC4CNCC4C3)c3ccccc3n2)cc1. The van der Waals surface area contributed by atoms with Gasteiger partial charge in [-0.2, -0.15) is 0 Å². The number of para-hydroxylation sites is 1. The maximum absolute atomic E-state index is 5.29. The van der Waals surface area contributed by atoms with Crippen LogP contribution in [0.5, 0.6) is 5.75 Å². The molecule has 2 fully saturated rings. The molecule has 2 aliphatic heterocycles. The van der Waals surface area contributed by atoms with Crippen molar-refractivity contribution in [3.63, 3.8) is 0 Å². The van der Waals surface area contributed by atoms with Gasteiger partial charge in [0.15, 0.2) is 0 Å². The fraction of sp³-hybridized carbons (Fsp3) is 0.400. The Hall–Kier alpha value is -2.63. The quantitative estimate of drug-likeness (QED) is 0.588. The Morgan fingerprint density at radius 2 is 1.83 bits per heavy atom. The summed E-state index contributed by atoms with van der Waals surface area (Å²) in [5.41, 5.74) is 4.27. The molecule has 2 unspecified atom stereocenters. The number of benzene rings is 2. The Morgan fingerprint density at radius 3 is 2.60 bits per heavy atom. The van der Waals surface area contributed by atoms with E-state index in [9.17, 15) is 0 Å². The van der Waals surface area contributed by atoms with E-state index in [0.717, 1.165) is 53.0 Å². The van der Waals surface area contributed by atoms with E-state index in [2.05, 4.69) is 58.0 Å². The molecule has 0 saturated carbocycles. The smallest absolute Gasteiger partial charge is 0.118 e. The second-order valence-electron chi connectivity index (χ2n) is 8.52. The Labute approximate surface area is 178 Å². The molecule has 3 heterocycles. The zero-order valence-corrected chi connectivity index (χ0v) is 17.6. The number of likely N-dealkylation sites (tertiary alicyclic amines) is 1. The summed E-state index contributed by atoms with van der Waals surface area (Å²) in [4.78, 5) is 7.53. The van der Waals surface area contributed by atoms with Crippen molar-refractivity contribution in [2.75, 3.05) is 51.7 Å². The molecule has 0 radical (unpaired) electrons. The predicted molar refractivity (Wildman–Crippen MR) is 123 cm³/mol. The van der Waals surface area contributed by atoms with Gasteiger partial charge >= 0.3 is 0 Å². The summed E-state index contributed by atoms with van der Waals surface area (Å²) in [6, 6.07) is 18.7. The molecule has 0 spiro atoms. The van der Waals surface area contributed by atoms with Crippen LogP contribution in [0.25, 0.3) is 22.2 Å². The van der Waals surface area contributed by atoms with Gasteiger partial charge in [-0.05, 0) is 74.3 Å². The first-order valence-corrected chi connectivity index (χ1v) is 11.0. The third kappa shape index (κ3) is 4.00. The first-order valence-electron chi connectivity index (χ1n) is 11.0. The number of anilines is 1. The second-order valence-corrected chi connectivity index (χ2v) is 8.52. The van der Waals surface area contributed by atoms with Gasteiger partial charge in [-0.1, -0.05) is 18.2 Å². The summed E-state index contributed by atoms with van der Waals surface area (Å²) in [6.07, 6.45) is 1.15. The number of pyridine rings is 1. The largest absolute Gasteiger partial charge is 0.497 e. The van der Waals surface area contributed by atoms with Gasteiger partial charge in [-0.3, -0.25) is 0 Å². The van der Waals surface area contributed by atoms with Crippen LogP contribution in [0.4, 0.5) is 5.69 Å². The standard InChI is InChI=1S/C25H30N4O/c1-30-21-9-7-18(8-10-21)24-13-25(22-5-2-3-6-23(22)28-24)27-11-4-12-29-16-19-14-26-15-20(19)17-29/h2-3,5-10,13,19-20,26H,4,11-12,14-17H2,1H3,(H,27,28). The van der Waals surface area contributed by atoms with E-state index >= 15 is 0 Å². The summed E-state index contributed by atoms with van der Waals surface area (Å²) < 4.78 is 5.29. The number of nitrogens with zero attached hydrogens (tertiary/aromatic N) is 2. The fourth-order valence-electron chi connectivity index (χ4n) is 4.89. The fourth-order valence-corrected chi connectivity index (χ4v) is 4.89. The van der Waals surface area contributed by atoms with Gasteiger partial charge in [-0.15, -0.1) is 0 Å². The molecule has 2 aromatic carbocycles. The highest BCUT2D eigenvalue weighted by atomic mass is 16.5. The molecule has 2 N–H and O–H groups in total. The van der Waals surface area contributed by atoms with E-state index < -0.39 is 0 Å². The summed E-state index contributed by atoms with van der Waals surface area (Å²) in [6.45, 7) is 7.08. The van der Waals surface area contributed by atoms with Crippen LogP contribution in [0.1, 0.15) is 6.42 Å². The average molecular weight is 403 g/mol. The predicted octanol–water partition coefficient (Wildman–Crippen LogP) is 3.86. The molecule has 3 aromatic rings. The third-order valence-electron chi connectivity index (χ3n) is 6.53. The highest BCUT2D eigenvalue weighted by molar-refractivity contribution is 5.93. The van der Waals surface area contributed by atoms with Crippen molar-refractivity contribution >= 4 is 16.6 Å². The van der Waals surface area contributed by atoms with Crippen LogP contribution in [0.3, 0.4) is 0 Å². The Balaban J connectivity index is 1.28. The Bertz CT molecular complexity index is 992. The lowest BCUT2D eigenvalue weighted by atomic mass is 10.0. The molecule has 5 nitrogen and oxygen atoms in total. The molecule has 5 heteroatoms. The summed E-state index contributed by atoms with van der Waals surface area (Å²) >= 11 is 0. The first kappa shape index (κ1) is 19.3. The van der Waals surface area contributed by atoms with E-state index in [4.69, 9.17) is 9.72 Å². The Kier molecular flexibility index (Phi) is 5.56. The molecule has 0 amide bonds. The van der Waals surface area contributed by atoms with Crippen molar-refractivity contribution in [2.24, 2.45) is 11.8 Å². The topological polar surface area (TPSA) is 49.4 Å². The van der Waals surface area contributed by atoms with Gasteiger partial charge in [0, 0.05) is 36.3 Å². The van der Waals surface area contributed by atoms with Crippen LogP contribution >= 0.6 is 0 Å². The van der Waals surface area contributed by atoms with Gasteiger partial charge in [0.25, 0.3) is 0 Å². The molecule has 30 heavy (non-hydrogen) atoms. The minimum atomic E-state index is 0.861. The number of nitrogens with one attached hydrogen (secondary N) is 2. The van der Waals surface area contributed by atoms with E-state index in [1.54, 1.807) is 7.11 Å². The van der Waals surface area contributed by atoms with Crippen LogP contribution in [-0.2, 0) is 0 Å². The van der Waals surface area contributed by atoms with Gasteiger partial charge < -0.3 is 20.3 Å². The van der Waals surface area contributed by atoms with Crippen LogP contribution in [0, 0.1) is 11.8 Å². The number of rotatable bonds is 7. The van der Waals surface area contributed by atoms with Crippen molar-refractivity contribution in [3.8, 4) is 17.0 Å². The van der Waals surface area contributed by atoms with E-state index in [1.807, 2.05) is 12.1 Å². The van der Waals surface area contributed by atoms with Gasteiger partial charge in [0.05, 0.1) is 18.3 Å². The molecule has 2 saturated heterocycles. The summed E-state index contributed by atoms with van der Waals surface area (Å²) in [5, 5.41) is 8.39. The number of aromatic nitrogens is 1. The molecule has 2 atom stereocenters. The highest BCUT2D eigenvalue weighted by Crippen LogP contribution is 2.30. The third-order valence-corrected chi connectivity index (χ3v) is 6.53. The number of ether oxygens (including phenoxy) is 1. The van der Waals surface area contributed by atoms with Crippen molar-refractivity contribution in [1.29, 1.82) is 0 Å². The molecule has 5 rings (SSSR count). The lowest BCUT2D eigenvalue weighted by Crippen LogP contribution is -2.27. The summed E-state index contributed by atoms with van der Waals surface area (Å²) in [7, 11) is 1.69. The maximum Gasteiger partial charge on any atom is 0.118 e. The first-order chi connectivity index (χ1) is 14.8. The lowest BCUT2D eigenvalue weighted by Gasteiger charge is -2.17. The zero-order valence-electron chi connectivity index (χ0n) is 17.6.